The molecule has 162 valence electrons. The van der Waals surface area contributed by atoms with Crippen LogP contribution in [-0.4, -0.2) is 37.1 Å². The Bertz CT molecular complexity index is 887. The molecule has 3 rings (SSSR count). The van der Waals surface area contributed by atoms with E-state index in [4.69, 9.17) is 16.3 Å². The highest BCUT2D eigenvalue weighted by Crippen LogP contribution is 2.34. The minimum atomic E-state index is -4.50. The van der Waals surface area contributed by atoms with Crippen LogP contribution in [0.1, 0.15) is 18.4 Å². The average Bonchev–Trinajstić information content (AvgIpc) is 2.70. The zero-order valence-electron chi connectivity index (χ0n) is 15.9. The summed E-state index contributed by atoms with van der Waals surface area (Å²) >= 11 is 5.99. The predicted molar refractivity (Wildman–Crippen MR) is 104 cm³/mol. The van der Waals surface area contributed by atoms with Crippen molar-refractivity contribution in [1.82, 2.24) is 10.3 Å². The molecule has 1 aromatic carbocycles. The van der Waals surface area contributed by atoms with E-state index < -0.39 is 17.6 Å². The zero-order chi connectivity index (χ0) is 21.7. The first-order valence-electron chi connectivity index (χ1n) is 9.38. The Labute approximate surface area is 176 Å². The molecule has 1 fully saturated rings. The molecule has 0 aliphatic carbocycles. The molecule has 0 bridgehead atoms. The molecule has 5 nitrogen and oxygen atoms in total. The quantitative estimate of drug-likeness (QED) is 0.532. The van der Waals surface area contributed by atoms with Crippen LogP contribution in [0.5, 0.6) is 5.75 Å². The second kappa shape index (κ2) is 9.51. The van der Waals surface area contributed by atoms with Gasteiger partial charge in [0.25, 0.3) is 0 Å². The van der Waals surface area contributed by atoms with Crippen LogP contribution in [0.15, 0.2) is 36.5 Å². The number of alkyl halides is 3. The van der Waals surface area contributed by atoms with Crippen molar-refractivity contribution in [3.8, 4) is 5.75 Å². The number of nitrogens with one attached hydrogen (secondary N) is 1. The highest BCUT2D eigenvalue weighted by molar-refractivity contribution is 6.33. The molecule has 1 aliphatic rings. The fourth-order valence-electron chi connectivity index (χ4n) is 3.22. The third-order valence-corrected chi connectivity index (χ3v) is 5.06. The summed E-state index contributed by atoms with van der Waals surface area (Å²) in [6.45, 7) is 1.40. The van der Waals surface area contributed by atoms with Crippen molar-refractivity contribution in [2.24, 2.45) is 5.92 Å². The number of benzene rings is 1. The van der Waals surface area contributed by atoms with Gasteiger partial charge in [-0.05, 0) is 31.0 Å². The van der Waals surface area contributed by atoms with Gasteiger partial charge in [-0.1, -0.05) is 17.7 Å². The predicted octanol–water partition coefficient (Wildman–Crippen LogP) is 4.30. The first kappa shape index (κ1) is 22.1. The number of hydrogen-bond acceptors (Lipinski definition) is 4. The van der Waals surface area contributed by atoms with Gasteiger partial charge in [0.15, 0.2) is 0 Å². The molecule has 1 saturated heterocycles. The smallest absolute Gasteiger partial charge is 0.417 e. The summed E-state index contributed by atoms with van der Waals surface area (Å²) < 4.78 is 56.7. The van der Waals surface area contributed by atoms with Gasteiger partial charge in [-0.25, -0.2) is 9.37 Å². The molecule has 10 heteroatoms. The van der Waals surface area contributed by atoms with Gasteiger partial charge in [-0.15, -0.1) is 0 Å². The van der Waals surface area contributed by atoms with Gasteiger partial charge in [-0.3, -0.25) is 4.79 Å². The second-order valence-electron chi connectivity index (χ2n) is 6.89. The highest BCUT2D eigenvalue weighted by Gasteiger charge is 2.33. The van der Waals surface area contributed by atoms with Crippen molar-refractivity contribution in [3.05, 3.63) is 52.9 Å². The Morgan fingerprint density at radius 2 is 2.00 bits per heavy atom. The van der Waals surface area contributed by atoms with E-state index in [0.29, 0.717) is 31.7 Å². The van der Waals surface area contributed by atoms with Gasteiger partial charge in [0, 0.05) is 31.3 Å². The number of anilines is 1. The summed E-state index contributed by atoms with van der Waals surface area (Å²) in [5.74, 6) is -0.0657. The topological polar surface area (TPSA) is 54.5 Å². The largest absolute Gasteiger partial charge is 0.492 e. The number of ether oxygens (including phenoxy) is 1. The van der Waals surface area contributed by atoms with E-state index in [-0.39, 0.29) is 35.8 Å². The number of hydrogen-bond donors (Lipinski definition) is 1. The highest BCUT2D eigenvalue weighted by atomic mass is 35.5. The number of amides is 1. The summed E-state index contributed by atoms with van der Waals surface area (Å²) in [5, 5.41) is 2.72. The Morgan fingerprint density at radius 3 is 2.63 bits per heavy atom. The summed E-state index contributed by atoms with van der Waals surface area (Å²) in [5.41, 5.74) is -0.897. The van der Waals surface area contributed by atoms with E-state index in [0.717, 1.165) is 12.3 Å². The maximum Gasteiger partial charge on any atom is 0.417 e. The number of piperidine rings is 1. The van der Waals surface area contributed by atoms with Crippen LogP contribution < -0.4 is 15.0 Å². The number of rotatable bonds is 6. The van der Waals surface area contributed by atoms with Crippen LogP contribution in [0.2, 0.25) is 5.02 Å². The van der Waals surface area contributed by atoms with Gasteiger partial charge < -0.3 is 15.0 Å². The van der Waals surface area contributed by atoms with E-state index in [2.05, 4.69) is 10.3 Å². The lowest BCUT2D eigenvalue weighted by atomic mass is 9.96. The average molecular weight is 446 g/mol. The van der Waals surface area contributed by atoms with Gasteiger partial charge >= 0.3 is 6.18 Å². The number of aromatic nitrogens is 1. The van der Waals surface area contributed by atoms with Crippen molar-refractivity contribution in [1.29, 1.82) is 0 Å². The minimum Gasteiger partial charge on any atom is -0.492 e. The molecular weight excluding hydrogens is 426 g/mol. The molecule has 0 atom stereocenters. The molecular formula is C20H20ClF4N3O2. The molecule has 2 aromatic rings. The van der Waals surface area contributed by atoms with E-state index >= 15 is 0 Å². The summed E-state index contributed by atoms with van der Waals surface area (Å²) in [6, 6.07) is 6.60. The number of carbonyl (C=O) groups is 1. The first-order chi connectivity index (χ1) is 14.2. The standard InChI is InChI=1S/C20H20ClF4N3O2/c21-17-10-14(20(23,24)25)12-27-18(17)28-7-4-13(5-8-28)19(29)26-6-9-30-16-3-1-2-15(22)11-16/h1-3,10-13H,4-9H2,(H,26,29). The molecule has 0 saturated carbocycles. The van der Waals surface area contributed by atoms with Gasteiger partial charge in [-0.2, -0.15) is 13.2 Å². The van der Waals surface area contributed by atoms with Crippen molar-refractivity contribution >= 4 is 23.3 Å². The summed E-state index contributed by atoms with van der Waals surface area (Å²) in [6.07, 6.45) is -2.69. The van der Waals surface area contributed by atoms with E-state index in [1.54, 1.807) is 11.0 Å². The van der Waals surface area contributed by atoms with E-state index in [9.17, 15) is 22.4 Å². The Morgan fingerprint density at radius 1 is 1.27 bits per heavy atom. The number of nitrogens with zero attached hydrogens (tertiary/aromatic N) is 2. The lowest BCUT2D eigenvalue weighted by Gasteiger charge is -2.32. The minimum absolute atomic E-state index is 0.0674. The Hall–Kier alpha value is -2.55. The fourth-order valence-corrected chi connectivity index (χ4v) is 3.50. The molecule has 0 spiro atoms. The van der Waals surface area contributed by atoms with Crippen LogP contribution in [0.3, 0.4) is 0 Å². The molecule has 30 heavy (non-hydrogen) atoms. The maximum atomic E-state index is 13.1. The SMILES string of the molecule is O=C(NCCOc1cccc(F)c1)C1CCN(c2ncc(C(F)(F)F)cc2Cl)CC1. The van der Waals surface area contributed by atoms with Gasteiger partial charge in [0.1, 0.15) is 24.0 Å². The van der Waals surface area contributed by atoms with Crippen molar-refractivity contribution in [3.63, 3.8) is 0 Å². The van der Waals surface area contributed by atoms with Crippen LogP contribution in [-0.2, 0) is 11.0 Å². The Balaban J connectivity index is 1.44. The lowest BCUT2D eigenvalue weighted by Crippen LogP contribution is -2.41. The van der Waals surface area contributed by atoms with Gasteiger partial charge in [0.2, 0.25) is 5.91 Å². The van der Waals surface area contributed by atoms with E-state index in [1.807, 2.05) is 0 Å². The normalized spacial score (nSPS) is 15.2. The molecule has 1 aromatic heterocycles. The van der Waals surface area contributed by atoms with Crippen LogP contribution in [0, 0.1) is 11.7 Å². The third-order valence-electron chi connectivity index (χ3n) is 4.78. The molecule has 0 radical (unpaired) electrons. The lowest BCUT2D eigenvalue weighted by molar-refractivity contribution is -0.137. The second-order valence-corrected chi connectivity index (χ2v) is 7.29. The monoisotopic (exact) mass is 445 g/mol. The number of carbonyl (C=O) groups excluding carboxylic acids is 1. The van der Waals surface area contributed by atoms with Crippen LogP contribution >= 0.6 is 11.6 Å². The number of pyridine rings is 1. The van der Waals surface area contributed by atoms with Crippen molar-refractivity contribution < 1.29 is 27.1 Å². The summed E-state index contributed by atoms with van der Waals surface area (Å²) in [7, 11) is 0. The van der Waals surface area contributed by atoms with Crippen molar-refractivity contribution in [2.75, 3.05) is 31.1 Å². The molecule has 0 unspecified atom stereocenters. The third kappa shape index (κ3) is 5.75. The van der Waals surface area contributed by atoms with Crippen molar-refractivity contribution in [2.45, 2.75) is 19.0 Å². The molecule has 2 heterocycles. The van der Waals surface area contributed by atoms with E-state index in [1.165, 1.54) is 18.2 Å². The van der Waals surface area contributed by atoms with Gasteiger partial charge in [0.05, 0.1) is 17.1 Å². The number of halogens is 5. The first-order valence-corrected chi connectivity index (χ1v) is 9.75. The molecule has 1 N–H and O–H groups in total. The zero-order valence-corrected chi connectivity index (χ0v) is 16.6. The fraction of sp³-hybridized carbons (Fsp3) is 0.400. The van der Waals surface area contributed by atoms with Crippen LogP contribution in [0.25, 0.3) is 0 Å². The maximum absolute atomic E-state index is 13.1. The van der Waals surface area contributed by atoms with Crippen LogP contribution in [0.4, 0.5) is 23.4 Å². The molecule has 1 aliphatic heterocycles. The molecule has 1 amide bonds. The summed E-state index contributed by atoms with van der Waals surface area (Å²) in [4.78, 5) is 18.0. The Kier molecular flexibility index (Phi) is 7.02.